The quantitative estimate of drug-likeness (QED) is 0.296. The van der Waals surface area contributed by atoms with E-state index < -0.39 is 21.9 Å². The Morgan fingerprint density at radius 2 is 1.77 bits per heavy atom. The minimum Gasteiger partial charge on any atom is -0.468 e. The normalized spacial score (nSPS) is 11.0. The molecule has 2 N–H and O–H groups in total. The zero-order valence-electron chi connectivity index (χ0n) is 15.6. The first-order chi connectivity index (χ1) is 14.4. The number of hydrogen-bond donors (Lipinski definition) is 2. The van der Waals surface area contributed by atoms with Crippen LogP contribution in [0.3, 0.4) is 0 Å². The molecule has 3 aromatic rings. The van der Waals surface area contributed by atoms with Gasteiger partial charge in [0.25, 0.3) is 15.9 Å². The molecule has 0 radical (unpaired) electrons. The molecule has 0 aliphatic heterocycles. The van der Waals surface area contributed by atoms with Gasteiger partial charge in [0.2, 0.25) is 5.13 Å². The molecule has 156 valence electrons. The van der Waals surface area contributed by atoms with Gasteiger partial charge in [-0.3, -0.25) is 19.6 Å². The van der Waals surface area contributed by atoms with E-state index in [0.29, 0.717) is 4.34 Å². The third kappa shape index (κ3) is 5.55. The van der Waals surface area contributed by atoms with Crippen LogP contribution in [0.5, 0.6) is 0 Å². The molecule has 0 spiro atoms. The van der Waals surface area contributed by atoms with Gasteiger partial charge < -0.3 is 4.74 Å². The zero-order chi connectivity index (χ0) is 21.6. The molecule has 1 heterocycles. The largest absolute Gasteiger partial charge is 0.468 e. The van der Waals surface area contributed by atoms with E-state index in [2.05, 4.69) is 25.0 Å². The van der Waals surface area contributed by atoms with E-state index >= 15 is 0 Å². The lowest BCUT2D eigenvalue weighted by molar-refractivity contribution is -0.137. The third-order valence-corrected chi connectivity index (χ3v) is 6.96. The number of carbonyl (C=O) groups excluding carboxylic acids is 2. The van der Waals surface area contributed by atoms with Crippen molar-refractivity contribution in [2.75, 3.05) is 22.9 Å². The van der Waals surface area contributed by atoms with Gasteiger partial charge >= 0.3 is 5.97 Å². The van der Waals surface area contributed by atoms with Gasteiger partial charge in [-0.25, -0.2) is 8.42 Å². The highest BCUT2D eigenvalue weighted by Gasteiger charge is 2.19. The molecule has 2 aromatic carbocycles. The van der Waals surface area contributed by atoms with Crippen LogP contribution in [0.15, 0.2) is 63.8 Å². The highest BCUT2D eigenvalue weighted by molar-refractivity contribution is 8.01. The third-order valence-electron chi connectivity index (χ3n) is 3.64. The summed E-state index contributed by atoms with van der Waals surface area (Å²) in [6.07, 6.45) is 0. The van der Waals surface area contributed by atoms with E-state index in [1.165, 1.54) is 31.4 Å². The van der Waals surface area contributed by atoms with Crippen molar-refractivity contribution in [2.45, 2.75) is 9.24 Å². The summed E-state index contributed by atoms with van der Waals surface area (Å²) < 4.78 is 32.6. The first-order valence-corrected chi connectivity index (χ1v) is 11.7. The molecular weight excluding hydrogens is 448 g/mol. The monoisotopic (exact) mass is 464 g/mol. The fraction of sp³-hybridized carbons (Fsp3) is 0.111. The number of nitrogens with zero attached hydrogens (tertiary/aromatic N) is 2. The van der Waals surface area contributed by atoms with Crippen LogP contribution in [0.4, 0.5) is 10.8 Å². The Morgan fingerprint density at radius 3 is 2.50 bits per heavy atom. The molecule has 0 aliphatic rings. The van der Waals surface area contributed by atoms with Crippen molar-refractivity contribution in [2.24, 2.45) is 0 Å². The fourth-order valence-electron chi connectivity index (χ4n) is 2.24. The van der Waals surface area contributed by atoms with Crippen molar-refractivity contribution in [3.8, 4) is 0 Å². The predicted molar refractivity (Wildman–Crippen MR) is 114 cm³/mol. The predicted octanol–water partition coefficient (Wildman–Crippen LogP) is 2.86. The fourth-order valence-corrected chi connectivity index (χ4v) is 4.92. The van der Waals surface area contributed by atoms with Crippen LogP contribution in [0.25, 0.3) is 0 Å². The molecule has 9 nitrogen and oxygen atoms in total. The number of sulfonamides is 1. The first kappa shape index (κ1) is 21.7. The number of para-hydroxylation sites is 1. The number of rotatable bonds is 8. The number of aromatic nitrogens is 2. The van der Waals surface area contributed by atoms with Gasteiger partial charge in [0, 0.05) is 0 Å². The zero-order valence-corrected chi connectivity index (χ0v) is 18.0. The van der Waals surface area contributed by atoms with Crippen LogP contribution < -0.4 is 10.0 Å². The summed E-state index contributed by atoms with van der Waals surface area (Å²) >= 11 is 2.22. The first-order valence-electron chi connectivity index (χ1n) is 8.40. The SMILES string of the molecule is COC(=O)CSc1nnc(NC(=O)c2ccccc2NS(=O)(=O)c2ccccc2)s1. The summed E-state index contributed by atoms with van der Waals surface area (Å²) in [6.45, 7) is 0. The number of benzene rings is 2. The number of carbonyl (C=O) groups is 2. The number of anilines is 2. The van der Waals surface area contributed by atoms with Crippen LogP contribution >= 0.6 is 23.1 Å². The summed E-state index contributed by atoms with van der Waals surface area (Å²) in [5.41, 5.74) is 0.250. The van der Waals surface area contributed by atoms with E-state index in [1.807, 2.05) is 0 Å². The number of esters is 1. The number of nitrogens with one attached hydrogen (secondary N) is 2. The van der Waals surface area contributed by atoms with Gasteiger partial charge in [0.1, 0.15) is 0 Å². The highest BCUT2D eigenvalue weighted by Crippen LogP contribution is 2.27. The molecule has 0 fully saturated rings. The maximum atomic E-state index is 12.7. The minimum absolute atomic E-state index is 0.0726. The Morgan fingerprint density at radius 1 is 1.07 bits per heavy atom. The molecular formula is C18H16N4O5S3. The van der Waals surface area contributed by atoms with Crippen molar-refractivity contribution >= 4 is 55.8 Å². The molecule has 3 rings (SSSR count). The minimum atomic E-state index is -3.86. The van der Waals surface area contributed by atoms with Crippen molar-refractivity contribution in [3.05, 3.63) is 60.2 Å². The Bertz CT molecular complexity index is 1150. The summed E-state index contributed by atoms with van der Waals surface area (Å²) in [6, 6.07) is 14.1. The molecule has 0 unspecified atom stereocenters. The Balaban J connectivity index is 1.73. The number of thioether (sulfide) groups is 1. The lowest BCUT2D eigenvalue weighted by Gasteiger charge is -2.12. The average molecular weight is 465 g/mol. The Hall–Kier alpha value is -2.96. The van der Waals surface area contributed by atoms with Crippen LogP contribution in [0.2, 0.25) is 0 Å². The van der Waals surface area contributed by atoms with Crippen molar-refractivity contribution in [1.29, 1.82) is 0 Å². The van der Waals surface area contributed by atoms with Crippen LogP contribution in [0, 0.1) is 0 Å². The standard InChI is InChI=1S/C18H16N4O5S3/c1-27-15(23)11-28-18-21-20-17(29-18)19-16(24)13-9-5-6-10-14(13)22-30(25,26)12-7-3-2-4-8-12/h2-10,22H,11H2,1H3,(H,19,20,24). The van der Waals surface area contributed by atoms with E-state index in [9.17, 15) is 18.0 Å². The van der Waals surface area contributed by atoms with Crippen molar-refractivity contribution < 1.29 is 22.7 Å². The molecule has 0 atom stereocenters. The van der Waals surface area contributed by atoms with Gasteiger partial charge in [-0.05, 0) is 24.3 Å². The molecule has 30 heavy (non-hydrogen) atoms. The lowest BCUT2D eigenvalue weighted by Crippen LogP contribution is -2.18. The van der Waals surface area contributed by atoms with Crippen LogP contribution in [0.1, 0.15) is 10.4 Å². The summed E-state index contributed by atoms with van der Waals surface area (Å²) in [4.78, 5) is 24.0. The van der Waals surface area contributed by atoms with Gasteiger partial charge in [0.05, 0.1) is 29.0 Å². The Kier molecular flexibility index (Phi) is 7.03. The van der Waals surface area contributed by atoms with Gasteiger partial charge in [-0.2, -0.15) is 0 Å². The second-order valence-corrected chi connectivity index (χ2v) is 9.54. The second-order valence-electron chi connectivity index (χ2n) is 5.66. The smallest absolute Gasteiger partial charge is 0.316 e. The van der Waals surface area contributed by atoms with Gasteiger partial charge in [0.15, 0.2) is 4.34 Å². The number of hydrogen-bond acceptors (Lipinski definition) is 9. The van der Waals surface area contributed by atoms with Crippen LogP contribution in [-0.2, 0) is 19.6 Å². The summed E-state index contributed by atoms with van der Waals surface area (Å²) in [5.74, 6) is -0.883. The molecule has 0 bridgehead atoms. The highest BCUT2D eigenvalue weighted by atomic mass is 32.2. The number of amides is 1. The lowest BCUT2D eigenvalue weighted by atomic mass is 10.2. The van der Waals surface area contributed by atoms with E-state index in [-0.39, 0.29) is 27.0 Å². The maximum Gasteiger partial charge on any atom is 0.316 e. The Labute approximate surface area is 180 Å². The second kappa shape index (κ2) is 9.69. The van der Waals surface area contributed by atoms with E-state index in [4.69, 9.17) is 0 Å². The topological polar surface area (TPSA) is 127 Å². The van der Waals surface area contributed by atoms with Crippen molar-refractivity contribution in [1.82, 2.24) is 10.2 Å². The molecule has 1 amide bonds. The van der Waals surface area contributed by atoms with Gasteiger partial charge in [-0.15, -0.1) is 10.2 Å². The molecule has 1 aromatic heterocycles. The number of methoxy groups -OCH3 is 1. The number of ether oxygens (including phenoxy) is 1. The molecule has 12 heteroatoms. The maximum absolute atomic E-state index is 12.7. The van der Waals surface area contributed by atoms with E-state index in [0.717, 1.165) is 23.1 Å². The van der Waals surface area contributed by atoms with E-state index in [1.54, 1.807) is 30.3 Å². The summed E-state index contributed by atoms with van der Waals surface area (Å²) in [7, 11) is -2.57. The summed E-state index contributed by atoms with van der Waals surface area (Å²) in [5, 5.41) is 10.6. The van der Waals surface area contributed by atoms with Crippen LogP contribution in [-0.4, -0.2) is 43.4 Å². The molecule has 0 saturated heterocycles. The average Bonchev–Trinajstić information content (AvgIpc) is 3.20. The molecule has 0 saturated carbocycles. The molecule has 0 aliphatic carbocycles. The van der Waals surface area contributed by atoms with Gasteiger partial charge in [-0.1, -0.05) is 53.4 Å². The van der Waals surface area contributed by atoms with Crippen molar-refractivity contribution in [3.63, 3.8) is 0 Å².